The fourth-order valence-electron chi connectivity index (χ4n) is 1.72. The van der Waals surface area contributed by atoms with Crippen molar-refractivity contribution in [2.75, 3.05) is 11.9 Å². The molecule has 1 aromatic carbocycles. The van der Waals surface area contributed by atoms with Gasteiger partial charge in [-0.3, -0.25) is 10.1 Å². The SMILES string of the molecule is Cc1cc(C)nc(NC(=O)COc2ccc(C#N)cc2)n1. The van der Waals surface area contributed by atoms with Gasteiger partial charge in [0.15, 0.2) is 6.61 Å². The molecule has 0 spiro atoms. The van der Waals surface area contributed by atoms with Gasteiger partial charge in [-0.2, -0.15) is 5.26 Å². The van der Waals surface area contributed by atoms with Crippen LogP contribution in [0.25, 0.3) is 0 Å². The molecule has 2 aromatic rings. The van der Waals surface area contributed by atoms with Crippen LogP contribution in [0.2, 0.25) is 0 Å². The maximum Gasteiger partial charge on any atom is 0.264 e. The van der Waals surface area contributed by atoms with Crippen LogP contribution in [0.15, 0.2) is 30.3 Å². The Hall–Kier alpha value is -2.94. The Morgan fingerprint density at radius 2 is 1.86 bits per heavy atom. The number of nitrogens with one attached hydrogen (secondary N) is 1. The van der Waals surface area contributed by atoms with Crippen molar-refractivity contribution in [1.29, 1.82) is 5.26 Å². The summed E-state index contributed by atoms with van der Waals surface area (Å²) in [4.78, 5) is 20.0. The van der Waals surface area contributed by atoms with Crippen LogP contribution in [0, 0.1) is 25.2 Å². The first-order valence-electron chi connectivity index (χ1n) is 6.32. The Labute approximate surface area is 122 Å². The molecule has 0 fully saturated rings. The molecule has 106 valence electrons. The van der Waals surface area contributed by atoms with Crippen LogP contribution >= 0.6 is 0 Å². The summed E-state index contributed by atoms with van der Waals surface area (Å²) in [5.74, 6) is 0.441. The van der Waals surface area contributed by atoms with Crippen molar-refractivity contribution in [3.63, 3.8) is 0 Å². The van der Waals surface area contributed by atoms with E-state index in [1.165, 1.54) is 0 Å². The lowest BCUT2D eigenvalue weighted by Gasteiger charge is -2.07. The number of carbonyl (C=O) groups excluding carboxylic acids is 1. The van der Waals surface area contributed by atoms with Gasteiger partial charge in [-0.05, 0) is 44.2 Å². The van der Waals surface area contributed by atoms with Gasteiger partial charge >= 0.3 is 0 Å². The third kappa shape index (κ3) is 4.28. The van der Waals surface area contributed by atoms with Crippen molar-refractivity contribution in [2.45, 2.75) is 13.8 Å². The molecule has 0 saturated carbocycles. The highest BCUT2D eigenvalue weighted by atomic mass is 16.5. The van der Waals surface area contributed by atoms with Gasteiger partial charge in [0, 0.05) is 11.4 Å². The molecule has 6 nitrogen and oxygen atoms in total. The largest absolute Gasteiger partial charge is 0.484 e. The molecular weight excluding hydrogens is 268 g/mol. The third-order valence-corrected chi connectivity index (χ3v) is 2.59. The topological polar surface area (TPSA) is 87.9 Å². The average molecular weight is 282 g/mol. The zero-order valence-electron chi connectivity index (χ0n) is 11.8. The summed E-state index contributed by atoms with van der Waals surface area (Å²) in [6.45, 7) is 3.51. The lowest BCUT2D eigenvalue weighted by molar-refractivity contribution is -0.118. The van der Waals surface area contributed by atoms with E-state index in [2.05, 4.69) is 15.3 Å². The van der Waals surface area contributed by atoms with E-state index in [9.17, 15) is 4.79 Å². The maximum atomic E-state index is 11.8. The van der Waals surface area contributed by atoms with Crippen LogP contribution in [0.3, 0.4) is 0 Å². The van der Waals surface area contributed by atoms with Crippen molar-refractivity contribution >= 4 is 11.9 Å². The fourth-order valence-corrected chi connectivity index (χ4v) is 1.72. The molecule has 1 aromatic heterocycles. The summed E-state index contributed by atoms with van der Waals surface area (Å²) in [6.07, 6.45) is 0. The summed E-state index contributed by atoms with van der Waals surface area (Å²) in [7, 11) is 0. The molecule has 21 heavy (non-hydrogen) atoms. The summed E-state index contributed by atoms with van der Waals surface area (Å²) < 4.78 is 5.32. The molecule has 0 radical (unpaired) electrons. The van der Waals surface area contributed by atoms with Crippen molar-refractivity contribution in [1.82, 2.24) is 9.97 Å². The fraction of sp³-hybridized carbons (Fsp3) is 0.200. The number of ether oxygens (including phenoxy) is 1. The number of rotatable bonds is 4. The number of aromatic nitrogens is 2. The molecule has 0 unspecified atom stereocenters. The monoisotopic (exact) mass is 282 g/mol. The molecule has 0 aliphatic rings. The molecule has 0 bridgehead atoms. The van der Waals surface area contributed by atoms with Crippen LogP contribution in [0.4, 0.5) is 5.95 Å². The van der Waals surface area contributed by atoms with Gasteiger partial charge in [0.05, 0.1) is 11.6 Å². The molecular formula is C15H14N4O2. The Morgan fingerprint density at radius 1 is 1.24 bits per heavy atom. The second kappa shape index (κ2) is 6.48. The molecule has 1 N–H and O–H groups in total. The van der Waals surface area contributed by atoms with E-state index in [4.69, 9.17) is 10.00 Å². The first-order valence-corrected chi connectivity index (χ1v) is 6.32. The molecule has 1 amide bonds. The van der Waals surface area contributed by atoms with E-state index in [1.807, 2.05) is 26.0 Å². The first-order chi connectivity index (χ1) is 10.1. The van der Waals surface area contributed by atoms with Crippen LogP contribution in [0.5, 0.6) is 5.75 Å². The van der Waals surface area contributed by atoms with E-state index in [-0.39, 0.29) is 18.5 Å². The van der Waals surface area contributed by atoms with Crippen LogP contribution in [0.1, 0.15) is 17.0 Å². The van der Waals surface area contributed by atoms with Crippen molar-refractivity contribution < 1.29 is 9.53 Å². The van der Waals surface area contributed by atoms with Crippen LogP contribution in [-0.4, -0.2) is 22.5 Å². The van der Waals surface area contributed by atoms with Gasteiger partial charge in [-0.1, -0.05) is 0 Å². The molecule has 0 atom stereocenters. The predicted octanol–water partition coefficient (Wildman–Crippen LogP) is 1.98. The van der Waals surface area contributed by atoms with Gasteiger partial charge in [0.1, 0.15) is 5.75 Å². The minimum absolute atomic E-state index is 0.151. The number of aryl methyl sites for hydroxylation is 2. The molecule has 0 aliphatic carbocycles. The highest BCUT2D eigenvalue weighted by Crippen LogP contribution is 2.11. The predicted molar refractivity (Wildman–Crippen MR) is 76.8 cm³/mol. The normalized spacial score (nSPS) is 9.76. The third-order valence-electron chi connectivity index (χ3n) is 2.59. The molecule has 2 rings (SSSR count). The van der Waals surface area contributed by atoms with Crippen LogP contribution in [-0.2, 0) is 4.79 Å². The van der Waals surface area contributed by atoms with Crippen molar-refractivity contribution in [3.8, 4) is 11.8 Å². The first kappa shape index (κ1) is 14.5. The number of carbonyl (C=O) groups is 1. The minimum atomic E-state index is -0.343. The highest BCUT2D eigenvalue weighted by Gasteiger charge is 2.07. The second-order valence-corrected chi connectivity index (χ2v) is 4.45. The summed E-state index contributed by atoms with van der Waals surface area (Å²) in [5.41, 5.74) is 2.10. The second-order valence-electron chi connectivity index (χ2n) is 4.45. The van der Waals surface area contributed by atoms with Crippen LogP contribution < -0.4 is 10.1 Å². The number of nitriles is 1. The van der Waals surface area contributed by atoms with Gasteiger partial charge in [-0.15, -0.1) is 0 Å². The smallest absolute Gasteiger partial charge is 0.264 e. The van der Waals surface area contributed by atoms with E-state index < -0.39 is 0 Å². The zero-order chi connectivity index (χ0) is 15.2. The number of nitrogens with zero attached hydrogens (tertiary/aromatic N) is 3. The van der Waals surface area contributed by atoms with E-state index in [0.717, 1.165) is 11.4 Å². The molecule has 0 saturated heterocycles. The Morgan fingerprint density at radius 3 is 2.43 bits per heavy atom. The minimum Gasteiger partial charge on any atom is -0.484 e. The van der Waals surface area contributed by atoms with Crippen molar-refractivity contribution in [2.24, 2.45) is 0 Å². The Bertz CT molecular complexity index is 670. The van der Waals surface area contributed by atoms with Gasteiger partial charge < -0.3 is 4.74 Å². The summed E-state index contributed by atoms with van der Waals surface area (Å²) >= 11 is 0. The quantitative estimate of drug-likeness (QED) is 0.926. The summed E-state index contributed by atoms with van der Waals surface area (Å²) in [6, 6.07) is 10.4. The Balaban J connectivity index is 1.91. The van der Waals surface area contributed by atoms with Crippen molar-refractivity contribution in [3.05, 3.63) is 47.3 Å². The van der Waals surface area contributed by atoms with E-state index >= 15 is 0 Å². The number of hydrogen-bond acceptors (Lipinski definition) is 5. The lowest BCUT2D eigenvalue weighted by Crippen LogP contribution is -2.21. The number of anilines is 1. The number of hydrogen-bond donors (Lipinski definition) is 1. The van der Waals surface area contributed by atoms with Gasteiger partial charge in [0.2, 0.25) is 5.95 Å². The maximum absolute atomic E-state index is 11.8. The van der Waals surface area contributed by atoms with E-state index in [0.29, 0.717) is 11.3 Å². The average Bonchev–Trinajstić information content (AvgIpc) is 2.44. The standard InChI is InChI=1S/C15H14N4O2/c1-10-7-11(2)18-15(17-10)19-14(20)9-21-13-5-3-12(8-16)4-6-13/h3-7H,9H2,1-2H3,(H,17,18,19,20). The zero-order valence-corrected chi connectivity index (χ0v) is 11.8. The van der Waals surface area contributed by atoms with Gasteiger partial charge in [-0.25, -0.2) is 9.97 Å². The lowest BCUT2D eigenvalue weighted by atomic mass is 10.2. The molecule has 6 heteroatoms. The molecule has 1 heterocycles. The number of benzene rings is 1. The highest BCUT2D eigenvalue weighted by molar-refractivity contribution is 5.90. The number of amides is 1. The molecule has 0 aliphatic heterocycles. The Kier molecular flexibility index (Phi) is 4.46. The summed E-state index contributed by atoms with van der Waals surface area (Å²) in [5, 5.41) is 11.3. The van der Waals surface area contributed by atoms with E-state index in [1.54, 1.807) is 24.3 Å². The van der Waals surface area contributed by atoms with Gasteiger partial charge in [0.25, 0.3) is 5.91 Å².